The highest BCUT2D eigenvalue weighted by atomic mass is 16.4. The van der Waals surface area contributed by atoms with E-state index >= 15 is 0 Å². The van der Waals surface area contributed by atoms with Crippen molar-refractivity contribution in [1.29, 1.82) is 0 Å². The van der Waals surface area contributed by atoms with Crippen LogP contribution in [-0.2, 0) is 9.59 Å². The van der Waals surface area contributed by atoms with Crippen LogP contribution in [0.5, 0.6) is 0 Å². The second kappa shape index (κ2) is 8.05. The van der Waals surface area contributed by atoms with Gasteiger partial charge >= 0.3 is 5.97 Å². The molecule has 0 aromatic carbocycles. The zero-order valence-corrected chi connectivity index (χ0v) is 14.8. The third kappa shape index (κ3) is 4.53. The molecule has 2 heterocycles. The summed E-state index contributed by atoms with van der Waals surface area (Å²) < 4.78 is 5.08. The van der Waals surface area contributed by atoms with Crippen molar-refractivity contribution in [2.45, 2.75) is 39.5 Å². The van der Waals surface area contributed by atoms with Crippen LogP contribution in [0.2, 0.25) is 0 Å². The number of aliphatic carboxylic acids is 1. The number of carboxylic acid groups (broad SMARTS) is 1. The zero-order chi connectivity index (χ0) is 18.4. The average molecular weight is 346 g/mol. The minimum absolute atomic E-state index is 0.0637. The normalized spacial score (nSPS) is 22.6. The highest BCUT2D eigenvalue weighted by Crippen LogP contribution is 2.33. The topological polar surface area (TPSA) is 96.8 Å². The fourth-order valence-corrected chi connectivity index (χ4v) is 3.10. The molecule has 25 heavy (non-hydrogen) atoms. The van der Waals surface area contributed by atoms with Gasteiger partial charge in [0.05, 0.1) is 0 Å². The Kier molecular flexibility index (Phi) is 6.07. The number of furan rings is 1. The van der Waals surface area contributed by atoms with E-state index in [1.807, 2.05) is 26.0 Å². The van der Waals surface area contributed by atoms with E-state index in [2.05, 4.69) is 0 Å². The van der Waals surface area contributed by atoms with Crippen molar-refractivity contribution < 1.29 is 19.1 Å². The fourth-order valence-electron chi connectivity index (χ4n) is 3.10. The molecule has 1 atom stereocenters. The number of piperidine rings is 1. The Balaban J connectivity index is 0.000000269. The molecule has 1 unspecified atom stereocenters. The number of rotatable bonds is 2. The van der Waals surface area contributed by atoms with Crippen LogP contribution in [0, 0.1) is 19.3 Å². The summed E-state index contributed by atoms with van der Waals surface area (Å²) in [6, 6.07) is 3.91. The Morgan fingerprint density at radius 3 is 2.20 bits per heavy atom. The SMILES string of the molecule is Cc1ccc(C)o1.NC1=CC=CC(C(=O)O)(C(=O)N2CCCCC2)C1. The molecule has 0 bridgehead atoms. The van der Waals surface area contributed by atoms with Crippen LogP contribution >= 0.6 is 0 Å². The van der Waals surface area contributed by atoms with Gasteiger partial charge in [-0.05, 0) is 51.3 Å². The molecule has 1 aliphatic carbocycles. The number of carboxylic acids is 1. The number of carbonyl (C=O) groups excluding carboxylic acids is 1. The van der Waals surface area contributed by atoms with Gasteiger partial charge in [0, 0.05) is 25.2 Å². The molecule has 0 saturated carbocycles. The molecule has 3 N–H and O–H groups in total. The van der Waals surface area contributed by atoms with E-state index in [0.717, 1.165) is 30.8 Å². The van der Waals surface area contributed by atoms with Crippen molar-refractivity contribution >= 4 is 11.9 Å². The summed E-state index contributed by atoms with van der Waals surface area (Å²) in [6.45, 7) is 5.16. The molecule has 1 aliphatic heterocycles. The highest BCUT2D eigenvalue weighted by molar-refractivity contribution is 6.04. The molecule has 136 valence electrons. The van der Waals surface area contributed by atoms with E-state index in [4.69, 9.17) is 10.2 Å². The van der Waals surface area contributed by atoms with Gasteiger partial charge in [0.1, 0.15) is 11.5 Å². The summed E-state index contributed by atoms with van der Waals surface area (Å²) in [4.78, 5) is 25.7. The minimum atomic E-state index is -1.50. The quantitative estimate of drug-likeness (QED) is 0.803. The predicted octanol–water partition coefficient (Wildman–Crippen LogP) is 2.77. The van der Waals surface area contributed by atoms with E-state index in [9.17, 15) is 14.7 Å². The number of nitrogens with two attached hydrogens (primary N) is 1. The summed E-state index contributed by atoms with van der Waals surface area (Å²) in [5, 5.41) is 9.43. The van der Waals surface area contributed by atoms with Crippen molar-refractivity contribution in [3.63, 3.8) is 0 Å². The summed E-state index contributed by atoms with van der Waals surface area (Å²) in [7, 11) is 0. The first-order valence-electron chi connectivity index (χ1n) is 8.55. The first-order chi connectivity index (χ1) is 11.8. The Hall–Kier alpha value is -2.50. The van der Waals surface area contributed by atoms with Crippen LogP contribution in [0.4, 0.5) is 0 Å². The number of aryl methyl sites for hydroxylation is 2. The minimum Gasteiger partial charge on any atom is -0.480 e. The van der Waals surface area contributed by atoms with Gasteiger partial charge in [-0.1, -0.05) is 12.2 Å². The third-order valence-corrected chi connectivity index (χ3v) is 4.46. The number of hydrogen-bond donors (Lipinski definition) is 2. The zero-order valence-electron chi connectivity index (χ0n) is 14.8. The lowest BCUT2D eigenvalue weighted by molar-refractivity contribution is -0.157. The molecule has 1 fully saturated rings. The Morgan fingerprint density at radius 2 is 1.76 bits per heavy atom. The number of likely N-dealkylation sites (tertiary alicyclic amines) is 1. The van der Waals surface area contributed by atoms with Crippen LogP contribution in [0.3, 0.4) is 0 Å². The van der Waals surface area contributed by atoms with E-state index in [1.54, 1.807) is 17.1 Å². The largest absolute Gasteiger partial charge is 0.480 e. The van der Waals surface area contributed by atoms with Gasteiger partial charge in [0.2, 0.25) is 5.91 Å². The van der Waals surface area contributed by atoms with Gasteiger partial charge < -0.3 is 20.2 Å². The van der Waals surface area contributed by atoms with Gasteiger partial charge in [-0.2, -0.15) is 0 Å². The first kappa shape index (κ1) is 18.8. The Morgan fingerprint density at radius 1 is 1.16 bits per heavy atom. The maximum Gasteiger partial charge on any atom is 0.323 e. The lowest BCUT2D eigenvalue weighted by atomic mass is 9.78. The predicted molar refractivity (Wildman–Crippen MR) is 94.7 cm³/mol. The average Bonchev–Trinajstić information content (AvgIpc) is 2.98. The van der Waals surface area contributed by atoms with Gasteiger partial charge in [0.15, 0.2) is 5.41 Å². The number of carbonyl (C=O) groups is 2. The molecule has 6 nitrogen and oxygen atoms in total. The van der Waals surface area contributed by atoms with Gasteiger partial charge in [-0.15, -0.1) is 0 Å². The third-order valence-electron chi connectivity index (χ3n) is 4.46. The molecule has 0 spiro atoms. The van der Waals surface area contributed by atoms with Crippen LogP contribution in [0.1, 0.15) is 37.2 Å². The summed E-state index contributed by atoms with van der Waals surface area (Å²) in [5.74, 6) is 0.516. The number of hydrogen-bond acceptors (Lipinski definition) is 4. The van der Waals surface area contributed by atoms with E-state index in [0.29, 0.717) is 18.8 Å². The molecule has 1 aromatic heterocycles. The molecule has 0 radical (unpaired) electrons. The number of amides is 1. The molecule has 1 aromatic rings. The molecule has 1 amide bonds. The van der Waals surface area contributed by atoms with Crippen molar-refractivity contribution in [1.82, 2.24) is 4.90 Å². The van der Waals surface area contributed by atoms with E-state index in [1.165, 1.54) is 6.08 Å². The van der Waals surface area contributed by atoms with Crippen molar-refractivity contribution in [2.75, 3.05) is 13.1 Å². The smallest absolute Gasteiger partial charge is 0.323 e. The molecule has 3 rings (SSSR count). The first-order valence-corrected chi connectivity index (χ1v) is 8.55. The summed E-state index contributed by atoms with van der Waals surface area (Å²) >= 11 is 0. The summed E-state index contributed by atoms with van der Waals surface area (Å²) in [5.41, 5.74) is 4.62. The van der Waals surface area contributed by atoms with Gasteiger partial charge in [0.25, 0.3) is 0 Å². The molecule has 2 aliphatic rings. The van der Waals surface area contributed by atoms with Crippen LogP contribution < -0.4 is 5.73 Å². The van der Waals surface area contributed by atoms with Crippen molar-refractivity contribution in [3.8, 4) is 0 Å². The Bertz CT molecular complexity index is 667. The standard InChI is InChI=1S/C13H18N2O3.C6H8O/c14-10-5-4-6-13(9-10,12(17)18)11(16)15-7-2-1-3-8-15;1-5-3-4-6(2)7-5/h4-6H,1-3,7-9,14H2,(H,17,18);3-4H,1-2H3. The van der Waals surface area contributed by atoms with Gasteiger partial charge in [-0.3, -0.25) is 9.59 Å². The maximum atomic E-state index is 12.5. The second-order valence-electron chi connectivity index (χ2n) is 6.56. The fraction of sp³-hybridized carbons (Fsp3) is 0.474. The van der Waals surface area contributed by atoms with Gasteiger partial charge in [-0.25, -0.2) is 0 Å². The molecular weight excluding hydrogens is 320 g/mol. The Labute approximate surface area is 148 Å². The monoisotopic (exact) mass is 346 g/mol. The van der Waals surface area contributed by atoms with Crippen LogP contribution in [0.25, 0.3) is 0 Å². The highest BCUT2D eigenvalue weighted by Gasteiger charge is 2.47. The number of nitrogens with zero attached hydrogens (tertiary/aromatic N) is 1. The summed E-state index contributed by atoms with van der Waals surface area (Å²) in [6.07, 6.45) is 7.71. The second-order valence-corrected chi connectivity index (χ2v) is 6.56. The van der Waals surface area contributed by atoms with E-state index < -0.39 is 11.4 Å². The molecule has 1 saturated heterocycles. The maximum absolute atomic E-state index is 12.5. The molecular formula is C19H26N2O4. The van der Waals surface area contributed by atoms with Crippen molar-refractivity contribution in [2.24, 2.45) is 11.1 Å². The van der Waals surface area contributed by atoms with Crippen LogP contribution in [0.15, 0.2) is 40.5 Å². The lowest BCUT2D eigenvalue weighted by Crippen LogP contribution is -2.50. The van der Waals surface area contributed by atoms with E-state index in [-0.39, 0.29) is 12.3 Å². The van der Waals surface area contributed by atoms with Crippen molar-refractivity contribution in [3.05, 3.63) is 47.6 Å². The lowest BCUT2D eigenvalue weighted by Gasteiger charge is -2.35. The number of allylic oxidation sites excluding steroid dienone is 3. The van der Waals surface area contributed by atoms with Crippen LogP contribution in [-0.4, -0.2) is 35.0 Å². The molecule has 6 heteroatoms.